The lowest BCUT2D eigenvalue weighted by atomic mass is 10.1. The van der Waals surface area contributed by atoms with Crippen molar-refractivity contribution in [3.8, 4) is 0 Å². The number of nitrogens with zero attached hydrogens (tertiary/aromatic N) is 2. The van der Waals surface area contributed by atoms with Crippen molar-refractivity contribution in [2.24, 2.45) is 0 Å². The molecule has 1 aromatic heterocycles. The van der Waals surface area contributed by atoms with Gasteiger partial charge < -0.3 is 10.6 Å². The Morgan fingerprint density at radius 2 is 2.04 bits per heavy atom. The first-order chi connectivity index (χ1) is 11.0. The maximum absolute atomic E-state index is 13.3. The molecule has 2 aliphatic rings. The van der Waals surface area contributed by atoms with Crippen LogP contribution >= 0.6 is 0 Å². The predicted octanol–water partition coefficient (Wildman–Crippen LogP) is 0.464. The molecule has 1 saturated heterocycles. The third-order valence-corrected chi connectivity index (χ3v) is 4.45. The number of fused-ring (bicyclic) bond motifs is 1. The molecule has 1 fully saturated rings. The predicted molar refractivity (Wildman–Crippen MR) is 77.2 cm³/mol. The van der Waals surface area contributed by atoms with E-state index in [2.05, 4.69) is 20.8 Å². The van der Waals surface area contributed by atoms with Gasteiger partial charge in [0.1, 0.15) is 6.04 Å². The van der Waals surface area contributed by atoms with Gasteiger partial charge in [-0.05, 0) is 19.3 Å². The number of carbonyl (C=O) groups is 1. The van der Waals surface area contributed by atoms with Crippen LogP contribution in [0, 0.1) is 0 Å². The molecule has 23 heavy (non-hydrogen) atoms. The highest BCUT2D eigenvalue weighted by molar-refractivity contribution is 5.94. The maximum atomic E-state index is 13.3. The molecule has 0 aromatic carbocycles. The molecule has 9 heteroatoms. The summed E-state index contributed by atoms with van der Waals surface area (Å²) >= 11 is 0. The Morgan fingerprint density at radius 1 is 1.30 bits per heavy atom. The van der Waals surface area contributed by atoms with Crippen molar-refractivity contribution in [2.45, 2.75) is 31.5 Å². The molecule has 1 aromatic rings. The normalized spacial score (nSPS) is 20.3. The second-order valence-corrected chi connectivity index (χ2v) is 5.94. The van der Waals surface area contributed by atoms with Crippen molar-refractivity contribution in [3.63, 3.8) is 0 Å². The first-order valence-electron chi connectivity index (χ1n) is 7.82. The van der Waals surface area contributed by atoms with Gasteiger partial charge >= 0.3 is 6.18 Å². The summed E-state index contributed by atoms with van der Waals surface area (Å²) in [7, 11) is 0. The molecule has 128 valence electrons. The number of piperazine rings is 1. The number of halogens is 3. The minimum absolute atomic E-state index is 0.235. The smallest absolute Gasteiger partial charge is 0.349 e. The van der Waals surface area contributed by atoms with Crippen LogP contribution in [-0.2, 0) is 12.8 Å². The van der Waals surface area contributed by atoms with E-state index in [0.717, 1.165) is 30.5 Å². The zero-order chi connectivity index (χ0) is 16.4. The van der Waals surface area contributed by atoms with Crippen LogP contribution in [-0.4, -0.2) is 65.9 Å². The van der Waals surface area contributed by atoms with Crippen LogP contribution in [0.1, 0.15) is 28.2 Å². The summed E-state index contributed by atoms with van der Waals surface area (Å²) in [6.07, 6.45) is -1.86. The highest BCUT2D eigenvalue weighted by Gasteiger charge is 2.44. The number of carbonyl (C=O) groups excluding carboxylic acids is 1. The second-order valence-electron chi connectivity index (χ2n) is 5.94. The Morgan fingerprint density at radius 3 is 2.74 bits per heavy atom. The number of aromatic nitrogens is 2. The van der Waals surface area contributed by atoms with Crippen LogP contribution in [0.5, 0.6) is 0 Å². The third kappa shape index (κ3) is 3.50. The second kappa shape index (κ2) is 6.48. The monoisotopic (exact) mass is 331 g/mol. The van der Waals surface area contributed by atoms with E-state index in [1.54, 1.807) is 0 Å². The number of aryl methyl sites for hydroxylation is 1. The molecule has 3 N–H and O–H groups in total. The molecule has 1 aliphatic heterocycles. The fourth-order valence-electron chi connectivity index (χ4n) is 3.23. The third-order valence-electron chi connectivity index (χ3n) is 4.45. The van der Waals surface area contributed by atoms with E-state index in [4.69, 9.17) is 0 Å². The molecule has 0 spiro atoms. The Kier molecular flexibility index (Phi) is 4.58. The lowest BCUT2D eigenvalue weighted by molar-refractivity contribution is -0.183. The zero-order valence-corrected chi connectivity index (χ0v) is 12.7. The summed E-state index contributed by atoms with van der Waals surface area (Å²) in [5.41, 5.74) is 2.00. The fourth-order valence-corrected chi connectivity index (χ4v) is 3.23. The minimum Gasteiger partial charge on any atom is -0.349 e. The number of aromatic amines is 1. The molecule has 0 saturated carbocycles. The molecule has 1 atom stereocenters. The Labute approximate surface area is 131 Å². The lowest BCUT2D eigenvalue weighted by Gasteiger charge is -2.35. The van der Waals surface area contributed by atoms with E-state index < -0.39 is 24.7 Å². The van der Waals surface area contributed by atoms with Crippen LogP contribution in [0.3, 0.4) is 0 Å². The molecule has 0 radical (unpaired) electrons. The summed E-state index contributed by atoms with van der Waals surface area (Å²) in [4.78, 5) is 13.6. The van der Waals surface area contributed by atoms with E-state index in [-0.39, 0.29) is 5.69 Å². The van der Waals surface area contributed by atoms with Crippen LogP contribution in [0.4, 0.5) is 13.2 Å². The highest BCUT2D eigenvalue weighted by Crippen LogP contribution is 2.25. The van der Waals surface area contributed by atoms with E-state index in [0.29, 0.717) is 26.2 Å². The molecule has 1 aliphatic carbocycles. The van der Waals surface area contributed by atoms with Crippen molar-refractivity contribution in [2.75, 3.05) is 32.7 Å². The SMILES string of the molecule is O=C(NCC(N1CCNCC1)C(F)(F)F)c1n[nH]c2c1CCC2. The standard InChI is InChI=1S/C14H20F3N5O/c15-14(16,17)11(22-6-4-18-5-7-22)8-19-13(23)12-9-2-1-3-10(9)20-21-12/h11,18H,1-8H2,(H,19,23)(H,20,21). The van der Waals surface area contributed by atoms with Gasteiger partial charge in [0.05, 0.1) is 0 Å². The van der Waals surface area contributed by atoms with Gasteiger partial charge in [-0.1, -0.05) is 0 Å². The number of nitrogens with one attached hydrogen (secondary N) is 3. The van der Waals surface area contributed by atoms with Crippen molar-refractivity contribution < 1.29 is 18.0 Å². The molecule has 3 rings (SSSR count). The molecule has 6 nitrogen and oxygen atoms in total. The van der Waals surface area contributed by atoms with Crippen LogP contribution in [0.2, 0.25) is 0 Å². The topological polar surface area (TPSA) is 73.1 Å². The summed E-state index contributed by atoms with van der Waals surface area (Å²) in [5.74, 6) is -0.534. The quantitative estimate of drug-likeness (QED) is 0.750. The van der Waals surface area contributed by atoms with E-state index in [1.165, 1.54) is 4.90 Å². The number of hydrogen-bond donors (Lipinski definition) is 3. The van der Waals surface area contributed by atoms with Gasteiger partial charge in [-0.25, -0.2) is 0 Å². The zero-order valence-electron chi connectivity index (χ0n) is 12.7. The number of amides is 1. The largest absolute Gasteiger partial charge is 0.405 e. The first-order valence-corrected chi connectivity index (χ1v) is 7.82. The van der Waals surface area contributed by atoms with Gasteiger partial charge in [-0.2, -0.15) is 18.3 Å². The first kappa shape index (κ1) is 16.3. The molecular formula is C14H20F3N5O. The maximum Gasteiger partial charge on any atom is 0.405 e. The van der Waals surface area contributed by atoms with Crippen LogP contribution in [0.15, 0.2) is 0 Å². The summed E-state index contributed by atoms with van der Waals surface area (Å²) in [6, 6.07) is -1.67. The molecular weight excluding hydrogens is 311 g/mol. The fraction of sp³-hybridized carbons (Fsp3) is 0.714. The van der Waals surface area contributed by atoms with Gasteiger partial charge in [0, 0.05) is 44.0 Å². The van der Waals surface area contributed by atoms with E-state index >= 15 is 0 Å². The number of H-pyrrole nitrogens is 1. The summed E-state index contributed by atoms with van der Waals surface area (Å²) in [5, 5.41) is 12.2. The lowest BCUT2D eigenvalue weighted by Crippen LogP contribution is -2.57. The molecule has 1 amide bonds. The van der Waals surface area contributed by atoms with Crippen LogP contribution < -0.4 is 10.6 Å². The molecule has 0 bridgehead atoms. The van der Waals surface area contributed by atoms with Crippen molar-refractivity contribution >= 4 is 5.91 Å². The molecule has 2 heterocycles. The van der Waals surface area contributed by atoms with Crippen molar-refractivity contribution in [1.29, 1.82) is 0 Å². The molecule has 1 unspecified atom stereocenters. The van der Waals surface area contributed by atoms with E-state index in [1.807, 2.05) is 0 Å². The van der Waals surface area contributed by atoms with Gasteiger partial charge in [-0.3, -0.25) is 14.8 Å². The number of alkyl halides is 3. The average molecular weight is 331 g/mol. The van der Waals surface area contributed by atoms with Gasteiger partial charge in [0.15, 0.2) is 5.69 Å². The average Bonchev–Trinajstić information content (AvgIpc) is 3.09. The van der Waals surface area contributed by atoms with Gasteiger partial charge in [0.25, 0.3) is 5.91 Å². The van der Waals surface area contributed by atoms with Crippen molar-refractivity contribution in [3.05, 3.63) is 17.0 Å². The summed E-state index contributed by atoms with van der Waals surface area (Å²) in [6.45, 7) is 1.22. The van der Waals surface area contributed by atoms with Crippen LogP contribution in [0.25, 0.3) is 0 Å². The van der Waals surface area contributed by atoms with Gasteiger partial charge in [0.2, 0.25) is 0 Å². The Balaban J connectivity index is 1.65. The van der Waals surface area contributed by atoms with Crippen molar-refractivity contribution in [1.82, 2.24) is 25.7 Å². The Bertz CT molecular complexity index is 565. The number of rotatable bonds is 4. The van der Waals surface area contributed by atoms with Gasteiger partial charge in [-0.15, -0.1) is 0 Å². The van der Waals surface area contributed by atoms with E-state index in [9.17, 15) is 18.0 Å². The number of hydrogen-bond acceptors (Lipinski definition) is 4. The summed E-state index contributed by atoms with van der Waals surface area (Å²) < 4.78 is 39.8. The highest BCUT2D eigenvalue weighted by atomic mass is 19.4. The minimum atomic E-state index is -4.38. The Hall–Kier alpha value is -1.61.